The summed E-state index contributed by atoms with van der Waals surface area (Å²) in [7, 11) is -3.02. The van der Waals surface area contributed by atoms with E-state index in [4.69, 9.17) is 0 Å². The molecule has 1 saturated carbocycles. The van der Waals surface area contributed by atoms with E-state index >= 15 is 0 Å². The number of nitrogens with zero attached hydrogens (tertiary/aromatic N) is 2. The van der Waals surface area contributed by atoms with Crippen LogP contribution in [0.1, 0.15) is 24.0 Å². The minimum atomic E-state index is -3.02. The lowest BCUT2D eigenvalue weighted by Crippen LogP contribution is -2.37. The summed E-state index contributed by atoms with van der Waals surface area (Å²) < 4.78 is 24.1. The molecule has 2 saturated heterocycles. The highest BCUT2D eigenvalue weighted by molar-refractivity contribution is 8.16. The number of carbonyl (C=O) groups excluding carboxylic acids is 1. The maximum Gasteiger partial charge on any atom is 0.251 e. The van der Waals surface area contributed by atoms with Crippen molar-refractivity contribution in [2.45, 2.75) is 38.0 Å². The molecule has 0 radical (unpaired) electrons. The second-order valence-electron chi connectivity index (χ2n) is 6.95. The van der Waals surface area contributed by atoms with E-state index < -0.39 is 9.84 Å². The fraction of sp³-hybridized carbons (Fsp3) is 0.529. The highest BCUT2D eigenvalue weighted by Crippen LogP contribution is 2.42. The molecular formula is C17H20N2O3S2. The van der Waals surface area contributed by atoms with Crippen LogP contribution in [0, 0.1) is 19.8 Å². The number of fused-ring (bicyclic) bond motifs is 1. The minimum Gasteiger partial charge on any atom is -0.316 e. The van der Waals surface area contributed by atoms with Crippen LogP contribution in [0.5, 0.6) is 0 Å². The van der Waals surface area contributed by atoms with Crippen LogP contribution in [0.2, 0.25) is 0 Å². The number of aryl methyl sites for hydroxylation is 2. The molecule has 4 rings (SSSR count). The second kappa shape index (κ2) is 5.59. The number of carbonyl (C=O) groups is 1. The highest BCUT2D eigenvalue weighted by Gasteiger charge is 2.49. The molecule has 1 amide bonds. The van der Waals surface area contributed by atoms with Gasteiger partial charge in [-0.1, -0.05) is 17.8 Å². The van der Waals surface area contributed by atoms with Crippen LogP contribution >= 0.6 is 11.8 Å². The Bertz CT molecular complexity index is 843. The molecule has 3 fully saturated rings. The average molecular weight is 364 g/mol. The molecule has 0 N–H and O–H groups in total. The lowest BCUT2D eigenvalue weighted by molar-refractivity contribution is -0.118. The lowest BCUT2D eigenvalue weighted by Gasteiger charge is -2.25. The van der Waals surface area contributed by atoms with Gasteiger partial charge < -0.3 is 4.90 Å². The summed E-state index contributed by atoms with van der Waals surface area (Å²) in [5, 5.41) is 0.627. The van der Waals surface area contributed by atoms with Crippen molar-refractivity contribution in [1.82, 2.24) is 0 Å². The molecule has 128 valence electrons. The maximum absolute atomic E-state index is 12.2. The largest absolute Gasteiger partial charge is 0.316 e. The number of amides is 1. The number of thioether (sulfide) groups is 1. The molecule has 2 heterocycles. The molecule has 5 nitrogen and oxygen atoms in total. The molecule has 1 aromatic rings. The van der Waals surface area contributed by atoms with Crippen LogP contribution in [0.4, 0.5) is 5.69 Å². The van der Waals surface area contributed by atoms with Crippen molar-refractivity contribution in [1.29, 1.82) is 0 Å². The molecule has 3 aliphatic rings. The van der Waals surface area contributed by atoms with Gasteiger partial charge in [0.15, 0.2) is 15.0 Å². The van der Waals surface area contributed by atoms with E-state index in [9.17, 15) is 13.2 Å². The summed E-state index contributed by atoms with van der Waals surface area (Å²) in [5.74, 6) is 0.312. The quantitative estimate of drug-likeness (QED) is 0.806. The summed E-state index contributed by atoms with van der Waals surface area (Å²) >= 11 is 1.45. The van der Waals surface area contributed by atoms with Crippen molar-refractivity contribution in [3.63, 3.8) is 0 Å². The van der Waals surface area contributed by atoms with Gasteiger partial charge in [-0.05, 0) is 49.9 Å². The zero-order valence-electron chi connectivity index (χ0n) is 13.7. The van der Waals surface area contributed by atoms with Crippen LogP contribution in [0.25, 0.3) is 0 Å². The third-order valence-electron chi connectivity index (χ3n) is 4.97. The number of benzene rings is 1. The minimum absolute atomic E-state index is 0.0395. The van der Waals surface area contributed by atoms with Gasteiger partial charge in [0.05, 0.1) is 17.5 Å². The Labute approximate surface area is 146 Å². The summed E-state index contributed by atoms with van der Waals surface area (Å²) in [4.78, 5) is 18.5. The lowest BCUT2D eigenvalue weighted by atomic mass is 10.1. The summed E-state index contributed by atoms with van der Waals surface area (Å²) in [6.07, 6.45) is 1.84. The Morgan fingerprint density at radius 2 is 1.96 bits per heavy atom. The van der Waals surface area contributed by atoms with Gasteiger partial charge in [-0.15, -0.1) is 0 Å². The molecule has 7 heteroatoms. The molecule has 0 bridgehead atoms. The van der Waals surface area contributed by atoms with Crippen molar-refractivity contribution >= 4 is 38.4 Å². The summed E-state index contributed by atoms with van der Waals surface area (Å²) in [6.45, 7) is 4.09. The Balaban J connectivity index is 1.74. The predicted molar refractivity (Wildman–Crippen MR) is 97.4 cm³/mol. The van der Waals surface area contributed by atoms with E-state index in [-0.39, 0.29) is 34.6 Å². The third-order valence-corrected chi connectivity index (χ3v) is 8.18. The number of rotatable bonds is 2. The van der Waals surface area contributed by atoms with Crippen molar-refractivity contribution in [3.05, 3.63) is 29.3 Å². The number of sulfone groups is 1. The van der Waals surface area contributed by atoms with Gasteiger partial charge in [0, 0.05) is 16.9 Å². The van der Waals surface area contributed by atoms with Gasteiger partial charge in [-0.3, -0.25) is 4.79 Å². The summed E-state index contributed by atoms with van der Waals surface area (Å²) in [6, 6.07) is 5.95. The van der Waals surface area contributed by atoms with Gasteiger partial charge >= 0.3 is 0 Å². The molecule has 0 unspecified atom stereocenters. The van der Waals surface area contributed by atoms with Crippen LogP contribution in [-0.4, -0.2) is 42.3 Å². The van der Waals surface area contributed by atoms with E-state index in [0.29, 0.717) is 5.17 Å². The number of anilines is 1. The van der Waals surface area contributed by atoms with Gasteiger partial charge in [-0.25, -0.2) is 8.42 Å². The molecule has 0 spiro atoms. The normalized spacial score (nSPS) is 29.9. The van der Waals surface area contributed by atoms with E-state index in [1.165, 1.54) is 17.3 Å². The monoisotopic (exact) mass is 364 g/mol. The Morgan fingerprint density at radius 3 is 2.62 bits per heavy atom. The first-order valence-corrected chi connectivity index (χ1v) is 10.9. The number of hydrogen-bond acceptors (Lipinski definition) is 4. The maximum atomic E-state index is 12.2. The van der Waals surface area contributed by atoms with E-state index in [2.05, 4.69) is 11.1 Å². The van der Waals surface area contributed by atoms with E-state index in [1.54, 1.807) is 0 Å². The van der Waals surface area contributed by atoms with E-state index in [1.807, 2.05) is 30.9 Å². The van der Waals surface area contributed by atoms with Crippen LogP contribution in [0.15, 0.2) is 23.2 Å². The predicted octanol–water partition coefficient (Wildman–Crippen LogP) is 2.31. The van der Waals surface area contributed by atoms with Crippen LogP contribution in [-0.2, 0) is 14.6 Å². The van der Waals surface area contributed by atoms with Crippen LogP contribution in [0.3, 0.4) is 0 Å². The van der Waals surface area contributed by atoms with E-state index in [0.717, 1.165) is 24.1 Å². The molecule has 2 aliphatic heterocycles. The second-order valence-corrected chi connectivity index (χ2v) is 10.3. The number of hydrogen-bond donors (Lipinski definition) is 0. The third kappa shape index (κ3) is 2.88. The molecule has 2 atom stereocenters. The van der Waals surface area contributed by atoms with Gasteiger partial charge in [0.25, 0.3) is 5.91 Å². The molecule has 24 heavy (non-hydrogen) atoms. The average Bonchev–Trinajstić information content (AvgIpc) is 3.23. The smallest absolute Gasteiger partial charge is 0.251 e. The van der Waals surface area contributed by atoms with Crippen LogP contribution < -0.4 is 4.90 Å². The van der Waals surface area contributed by atoms with Crippen molar-refractivity contribution in [2.75, 3.05) is 16.4 Å². The first kappa shape index (κ1) is 16.1. The Hall–Kier alpha value is -1.34. The molecule has 1 aromatic carbocycles. The van der Waals surface area contributed by atoms with Gasteiger partial charge in [0.1, 0.15) is 0 Å². The first-order chi connectivity index (χ1) is 11.3. The van der Waals surface area contributed by atoms with Crippen molar-refractivity contribution in [3.8, 4) is 0 Å². The SMILES string of the molecule is Cc1ccc(N2C(=NC(=O)C3CC3)S[C@H]3CS(=O)(=O)C[C@H]32)cc1C. The molecule has 0 aromatic heterocycles. The zero-order valence-corrected chi connectivity index (χ0v) is 15.4. The van der Waals surface area contributed by atoms with Gasteiger partial charge in [-0.2, -0.15) is 4.99 Å². The summed E-state index contributed by atoms with van der Waals surface area (Å²) in [5.41, 5.74) is 3.26. The van der Waals surface area contributed by atoms with Gasteiger partial charge in [0.2, 0.25) is 0 Å². The number of aliphatic imine (C=N–C) groups is 1. The topological polar surface area (TPSA) is 66.8 Å². The standard InChI is InChI=1S/C17H20N2O3S2/c1-10-3-6-13(7-11(10)2)19-14-8-24(21,22)9-15(14)23-17(19)18-16(20)12-4-5-12/h3,6-7,12,14-15H,4-5,8-9H2,1-2H3/t14-,15+/m1/s1. The number of amidine groups is 1. The molecular weight excluding hydrogens is 344 g/mol. The fourth-order valence-corrected chi connectivity index (χ4v) is 7.18. The van der Waals surface area contributed by atoms with Crippen molar-refractivity contribution < 1.29 is 13.2 Å². The zero-order chi connectivity index (χ0) is 17.1. The Kier molecular flexibility index (Phi) is 3.76. The molecule has 1 aliphatic carbocycles. The highest BCUT2D eigenvalue weighted by atomic mass is 32.2. The fourth-order valence-electron chi connectivity index (χ4n) is 3.26. The van der Waals surface area contributed by atoms with Crippen molar-refractivity contribution in [2.24, 2.45) is 10.9 Å². The Morgan fingerprint density at radius 1 is 1.21 bits per heavy atom. The first-order valence-electron chi connectivity index (χ1n) is 8.20.